The summed E-state index contributed by atoms with van der Waals surface area (Å²) in [6, 6.07) is -4.59. The number of rotatable bonds is 18. The molecule has 0 aromatic carbocycles. The summed E-state index contributed by atoms with van der Waals surface area (Å²) in [6.07, 6.45) is -5.59. The van der Waals surface area contributed by atoms with Gasteiger partial charge in [0.15, 0.2) is 0 Å². The second kappa shape index (κ2) is 19.9. The second-order valence-corrected chi connectivity index (χ2v) is 16.7. The monoisotopic (exact) mass is 755 g/mol. The van der Waals surface area contributed by atoms with Crippen molar-refractivity contribution in [2.24, 2.45) is 22.7 Å². The molecule has 5 amide bonds. The summed E-state index contributed by atoms with van der Waals surface area (Å²) in [5.41, 5.74) is -1.24. The van der Waals surface area contributed by atoms with Crippen LogP contribution in [-0.4, -0.2) is 118 Å². The molecule has 1 saturated heterocycles. The Hall–Kier alpha value is -2.83. The van der Waals surface area contributed by atoms with E-state index in [1.165, 1.54) is 23.3 Å². The Morgan fingerprint density at radius 1 is 0.961 bits per heavy atom. The van der Waals surface area contributed by atoms with Gasteiger partial charge in [0.05, 0.1) is 6.04 Å². The summed E-state index contributed by atoms with van der Waals surface area (Å²) in [6.45, 7) is 16.0. The van der Waals surface area contributed by atoms with Crippen LogP contribution >= 0.6 is 0 Å². The highest BCUT2D eigenvalue weighted by molar-refractivity contribution is 7.76. The van der Waals surface area contributed by atoms with Crippen LogP contribution in [0.1, 0.15) is 87.5 Å². The van der Waals surface area contributed by atoms with Gasteiger partial charge in [0, 0.05) is 52.7 Å². The fourth-order valence-electron chi connectivity index (χ4n) is 5.86. The average Bonchev–Trinajstić information content (AvgIpc) is 3.46. The predicted octanol–water partition coefficient (Wildman–Crippen LogP) is 2.57. The summed E-state index contributed by atoms with van der Waals surface area (Å²) in [5, 5.41) is 13.7. The normalized spacial score (nSPS) is 19.3. The number of carbonyl (C=O) groups excluding carboxylic acids is 5. The first-order chi connectivity index (χ1) is 23.3. The van der Waals surface area contributed by atoms with Crippen molar-refractivity contribution in [2.75, 3.05) is 40.3 Å². The summed E-state index contributed by atoms with van der Waals surface area (Å²) in [4.78, 5) is 68.2. The van der Waals surface area contributed by atoms with Crippen LogP contribution in [0.2, 0.25) is 0 Å². The smallest absolute Gasteiger partial charge is 0.353 e. The zero-order valence-corrected chi connectivity index (χ0v) is 32.5. The number of unbranched alkanes of at least 4 members (excludes halogenated alkanes) is 1. The highest BCUT2D eigenvalue weighted by atomic mass is 32.2. The number of likely N-dealkylation sites (N-methyl/N-ethyl adjacent to an activating group) is 2. The average molecular weight is 756 g/mol. The van der Waals surface area contributed by atoms with Crippen molar-refractivity contribution in [1.29, 1.82) is 0 Å². The second-order valence-electron chi connectivity index (χ2n) is 15.7. The van der Waals surface area contributed by atoms with E-state index in [0.29, 0.717) is 19.5 Å². The number of amides is 5. The highest BCUT2D eigenvalue weighted by Crippen LogP contribution is 2.34. The van der Waals surface area contributed by atoms with Gasteiger partial charge in [0.2, 0.25) is 28.9 Å². The van der Waals surface area contributed by atoms with Gasteiger partial charge in [0.25, 0.3) is 5.91 Å². The molecular weight excluding hydrogens is 695 g/mol. The summed E-state index contributed by atoms with van der Waals surface area (Å²) in [5.74, 6) is -3.66. The molecule has 0 aliphatic carbocycles. The molecule has 0 radical (unpaired) electrons. The number of hydrogen-bond acceptors (Lipinski definition) is 7. The maximum Gasteiger partial charge on any atom is 0.389 e. The molecule has 2 unspecified atom stereocenters. The van der Waals surface area contributed by atoms with Crippen molar-refractivity contribution in [2.45, 2.75) is 118 Å². The molecular formula is C33H60F3N7O7S. The van der Waals surface area contributed by atoms with Crippen molar-refractivity contribution < 1.29 is 45.9 Å². The van der Waals surface area contributed by atoms with Crippen molar-refractivity contribution >= 4 is 40.8 Å². The molecule has 6 atom stereocenters. The molecule has 1 aliphatic heterocycles. The van der Waals surface area contributed by atoms with E-state index in [1.54, 1.807) is 20.8 Å². The van der Waals surface area contributed by atoms with E-state index in [2.05, 4.69) is 26.6 Å². The van der Waals surface area contributed by atoms with E-state index in [9.17, 15) is 45.9 Å². The first-order valence-electron chi connectivity index (χ1n) is 17.3. The topological polar surface area (TPSA) is 189 Å². The largest absolute Gasteiger partial charge is 0.389 e. The quantitative estimate of drug-likeness (QED) is 0.0700. The molecule has 14 nitrogen and oxygen atoms in total. The van der Waals surface area contributed by atoms with Crippen molar-refractivity contribution in [3.8, 4) is 0 Å². The molecule has 1 fully saturated rings. The molecule has 18 heteroatoms. The van der Waals surface area contributed by atoms with E-state index < -0.39 is 88.4 Å². The van der Waals surface area contributed by atoms with E-state index in [0.717, 1.165) is 0 Å². The molecule has 296 valence electrons. The molecule has 6 N–H and O–H groups in total. The van der Waals surface area contributed by atoms with Gasteiger partial charge >= 0.3 is 12.2 Å². The minimum atomic E-state index is -4.39. The van der Waals surface area contributed by atoms with E-state index in [1.807, 2.05) is 34.6 Å². The summed E-state index contributed by atoms with van der Waals surface area (Å²) >= 11 is -2.11. The van der Waals surface area contributed by atoms with Gasteiger partial charge in [-0.25, -0.2) is 13.3 Å². The van der Waals surface area contributed by atoms with Crippen LogP contribution in [0, 0.1) is 22.7 Å². The van der Waals surface area contributed by atoms with Gasteiger partial charge < -0.3 is 31.5 Å². The van der Waals surface area contributed by atoms with Gasteiger partial charge in [-0.05, 0) is 41.9 Å². The number of alkyl halides is 3. The number of urea groups is 1. The molecule has 0 saturated carbocycles. The Balaban J connectivity index is 3.25. The zero-order valence-electron chi connectivity index (χ0n) is 31.7. The predicted molar refractivity (Wildman–Crippen MR) is 188 cm³/mol. The SMILES string of the molecule is CNC(=O)C(=O)C(CCCCC(F)(F)F)NC(=O)[C@@H]1[C@@H](C(C)C)CCN1C(=O)[C@@H](NC(=O)N[C@H](CNCCN(C)S(=O)O)C(C)(C)C)C(C)(C)C. The number of ketones is 1. The number of hydrogen-bond donors (Lipinski definition) is 6. The number of halogens is 3. The van der Waals surface area contributed by atoms with Gasteiger partial charge in [0.1, 0.15) is 12.1 Å². The summed E-state index contributed by atoms with van der Waals surface area (Å²) in [7, 11) is 2.73. The number of Topliss-reactive ketones (excluding diaryl/α,β-unsaturated/α-hetero) is 1. The number of likely N-dealkylation sites (tertiary alicyclic amines) is 1. The Bertz CT molecular complexity index is 1220. The highest BCUT2D eigenvalue weighted by Gasteiger charge is 2.48. The van der Waals surface area contributed by atoms with Crippen LogP contribution in [0.25, 0.3) is 0 Å². The lowest BCUT2D eigenvalue weighted by atomic mass is 9.84. The van der Waals surface area contributed by atoms with Crippen molar-refractivity contribution in [3.63, 3.8) is 0 Å². The summed E-state index contributed by atoms with van der Waals surface area (Å²) < 4.78 is 59.8. The molecule has 1 aliphatic rings. The fraction of sp³-hybridized carbons (Fsp3) is 0.848. The fourth-order valence-corrected chi connectivity index (χ4v) is 6.11. The van der Waals surface area contributed by atoms with Crippen LogP contribution in [-0.2, 0) is 30.4 Å². The van der Waals surface area contributed by atoms with Crippen molar-refractivity contribution in [3.05, 3.63) is 0 Å². The van der Waals surface area contributed by atoms with E-state index in [-0.39, 0.29) is 44.2 Å². The Morgan fingerprint density at radius 3 is 2.06 bits per heavy atom. The lowest BCUT2D eigenvalue weighted by Crippen LogP contribution is -2.62. The third kappa shape index (κ3) is 15.4. The third-order valence-corrected chi connectivity index (χ3v) is 9.81. The molecule has 0 bridgehead atoms. The van der Waals surface area contributed by atoms with Crippen LogP contribution < -0.4 is 26.6 Å². The zero-order chi connectivity index (χ0) is 39.5. The Labute approximate surface area is 302 Å². The molecule has 1 rings (SSSR count). The molecule has 0 spiro atoms. The molecule has 0 aromatic rings. The van der Waals surface area contributed by atoms with Crippen LogP contribution in [0.4, 0.5) is 18.0 Å². The number of carbonyl (C=O) groups is 5. The van der Waals surface area contributed by atoms with E-state index in [4.69, 9.17) is 0 Å². The third-order valence-electron chi connectivity index (χ3n) is 9.10. The standard InChI is InChI=1S/C33H60F3N7O7S/c1-20(2)21-14-17-43(24(21)27(45)39-22(25(44)28(46)37-9)13-11-12-15-33(34,35)36)29(47)26(32(6,7)8)41-30(48)40-23(31(3,4)5)19-38-16-18-42(10)51(49)50/h20-24,26,38H,11-19H2,1-10H3,(H,37,46)(H,39,45)(H,49,50)(H2,40,41,48)/t21-,22?,23-,24+,26-/m1/s1. The van der Waals surface area contributed by atoms with Gasteiger partial charge in [-0.15, -0.1) is 0 Å². The van der Waals surface area contributed by atoms with Crippen molar-refractivity contribution in [1.82, 2.24) is 35.8 Å². The maximum absolute atomic E-state index is 14.3. The molecule has 1 heterocycles. The first-order valence-corrected chi connectivity index (χ1v) is 18.4. The maximum atomic E-state index is 14.3. The molecule has 0 aromatic heterocycles. The van der Waals surface area contributed by atoms with E-state index >= 15 is 0 Å². The molecule has 51 heavy (non-hydrogen) atoms. The lowest BCUT2D eigenvalue weighted by molar-refractivity contribution is -0.145. The first kappa shape index (κ1) is 46.2. The van der Waals surface area contributed by atoms with Gasteiger partial charge in [-0.2, -0.15) is 13.2 Å². The van der Waals surface area contributed by atoms with Gasteiger partial charge in [-0.1, -0.05) is 61.8 Å². The van der Waals surface area contributed by atoms with Crippen LogP contribution in [0.15, 0.2) is 0 Å². The number of nitrogens with one attached hydrogen (secondary N) is 5. The van der Waals surface area contributed by atoms with Crippen LogP contribution in [0.5, 0.6) is 0 Å². The van der Waals surface area contributed by atoms with Crippen LogP contribution in [0.3, 0.4) is 0 Å². The Kier molecular flexibility index (Phi) is 18.0. The minimum absolute atomic E-state index is 0.0784. The minimum Gasteiger partial charge on any atom is -0.353 e. The lowest BCUT2D eigenvalue weighted by Gasteiger charge is -2.38. The number of nitrogens with zero attached hydrogens (tertiary/aromatic N) is 2. The Morgan fingerprint density at radius 2 is 1.57 bits per heavy atom. The van der Waals surface area contributed by atoms with Gasteiger partial charge in [-0.3, -0.25) is 23.7 Å².